The molecular formula is C30H27F2NO4S. The van der Waals surface area contributed by atoms with E-state index in [1.165, 1.54) is 54.2 Å². The van der Waals surface area contributed by atoms with Gasteiger partial charge < -0.3 is 20.2 Å². The fraction of sp³-hybridized carbons (Fsp3) is 0.167. The van der Waals surface area contributed by atoms with Crippen LogP contribution in [0.15, 0.2) is 97.4 Å². The van der Waals surface area contributed by atoms with Gasteiger partial charge in [-0.1, -0.05) is 36.9 Å². The summed E-state index contributed by atoms with van der Waals surface area (Å²) in [5.74, 6) is -1.18. The van der Waals surface area contributed by atoms with Crippen molar-refractivity contribution in [2.75, 3.05) is 10.7 Å². The third kappa shape index (κ3) is 5.66. The van der Waals surface area contributed by atoms with E-state index < -0.39 is 29.0 Å². The summed E-state index contributed by atoms with van der Waals surface area (Å²) in [6.07, 6.45) is 3.34. The molecule has 196 valence electrons. The number of aliphatic hydroxyl groups excluding tert-OH is 1. The Labute approximate surface area is 224 Å². The smallest absolute Gasteiger partial charge is 0.243 e. The zero-order valence-electron chi connectivity index (χ0n) is 20.6. The number of carbonyl (C=O) groups excluding carboxylic acids is 1. The Bertz CT molecular complexity index is 1390. The summed E-state index contributed by atoms with van der Waals surface area (Å²) in [7, 11) is 0. The first-order chi connectivity index (χ1) is 18.2. The van der Waals surface area contributed by atoms with Crippen molar-refractivity contribution in [3.05, 3.63) is 120 Å². The summed E-state index contributed by atoms with van der Waals surface area (Å²) >= 11 is 1.24. The highest BCUT2D eigenvalue weighted by Gasteiger charge is 2.50. The highest BCUT2D eigenvalue weighted by Crippen LogP contribution is 2.48. The number of allylic oxidation sites excluding steroid dienone is 5. The number of phenols is 2. The Hall–Kier alpha value is -3.88. The second-order valence-corrected chi connectivity index (χ2v) is 9.92. The van der Waals surface area contributed by atoms with Crippen molar-refractivity contribution >= 4 is 28.9 Å². The Kier molecular flexibility index (Phi) is 8.34. The van der Waals surface area contributed by atoms with E-state index in [4.69, 9.17) is 0 Å². The molecule has 1 aliphatic rings. The van der Waals surface area contributed by atoms with Crippen LogP contribution in [0, 0.1) is 5.82 Å². The zero-order valence-corrected chi connectivity index (χ0v) is 21.4. The van der Waals surface area contributed by atoms with Crippen LogP contribution in [0.25, 0.3) is 5.57 Å². The summed E-state index contributed by atoms with van der Waals surface area (Å²) in [4.78, 5) is 14.9. The summed E-state index contributed by atoms with van der Waals surface area (Å²) in [5, 5.41) is 30.3. The molecule has 0 aliphatic carbocycles. The Morgan fingerprint density at radius 1 is 1.11 bits per heavy atom. The minimum atomic E-state index is -0.918. The normalized spacial score (nSPS) is 18.7. The topological polar surface area (TPSA) is 81.0 Å². The van der Waals surface area contributed by atoms with Crippen LogP contribution in [-0.4, -0.2) is 32.2 Å². The molecule has 0 bridgehead atoms. The lowest BCUT2D eigenvalue weighted by atomic mass is 9.91. The molecule has 4 rings (SSSR count). The fourth-order valence-electron chi connectivity index (χ4n) is 4.33. The van der Waals surface area contributed by atoms with Gasteiger partial charge in [-0.2, -0.15) is 0 Å². The van der Waals surface area contributed by atoms with Gasteiger partial charge in [0, 0.05) is 23.1 Å². The van der Waals surface area contributed by atoms with Gasteiger partial charge in [-0.25, -0.2) is 8.78 Å². The molecular weight excluding hydrogens is 508 g/mol. The predicted molar refractivity (Wildman–Crippen MR) is 147 cm³/mol. The third-order valence-electron chi connectivity index (χ3n) is 6.35. The molecule has 1 aliphatic heterocycles. The molecule has 3 aromatic rings. The number of hydrogen-bond acceptors (Lipinski definition) is 5. The molecule has 2 unspecified atom stereocenters. The van der Waals surface area contributed by atoms with E-state index >= 15 is 0 Å². The number of rotatable bonds is 9. The molecule has 3 N–H and O–H groups in total. The fourth-order valence-corrected chi connectivity index (χ4v) is 5.62. The predicted octanol–water partition coefficient (Wildman–Crippen LogP) is 6.60. The zero-order chi connectivity index (χ0) is 27.4. The quantitative estimate of drug-likeness (QED) is 0.212. The SMILES string of the molecule is C=C/C(F)=C\C(=C/C)c1ccc(N2C(=O)[C@H](SCC(O)c3ccc(F)cc3)C2c2ccc(O)cc2O)cc1. The van der Waals surface area contributed by atoms with Gasteiger partial charge in [0.25, 0.3) is 0 Å². The number of carbonyl (C=O) groups is 1. The number of aliphatic hydroxyl groups is 1. The van der Waals surface area contributed by atoms with Gasteiger partial charge >= 0.3 is 0 Å². The number of aromatic hydroxyl groups is 2. The third-order valence-corrected chi connectivity index (χ3v) is 7.67. The van der Waals surface area contributed by atoms with Crippen LogP contribution in [0.2, 0.25) is 0 Å². The molecule has 3 aromatic carbocycles. The molecule has 0 radical (unpaired) electrons. The number of anilines is 1. The summed E-state index contributed by atoms with van der Waals surface area (Å²) in [6, 6.07) is 16.2. The number of amides is 1. The molecule has 8 heteroatoms. The van der Waals surface area contributed by atoms with Gasteiger partial charge in [0.05, 0.1) is 12.1 Å². The molecule has 0 aromatic heterocycles. The maximum absolute atomic E-state index is 13.8. The second kappa shape index (κ2) is 11.7. The maximum atomic E-state index is 13.8. The number of phenolic OH excluding ortho intramolecular Hbond substituents is 2. The van der Waals surface area contributed by atoms with Crippen LogP contribution in [0.3, 0.4) is 0 Å². The number of hydrogen-bond donors (Lipinski definition) is 3. The van der Waals surface area contributed by atoms with Crippen LogP contribution >= 0.6 is 11.8 Å². The molecule has 38 heavy (non-hydrogen) atoms. The maximum Gasteiger partial charge on any atom is 0.243 e. The van der Waals surface area contributed by atoms with Gasteiger partial charge in [-0.3, -0.25) is 4.79 Å². The van der Waals surface area contributed by atoms with E-state index in [-0.39, 0.29) is 23.2 Å². The van der Waals surface area contributed by atoms with Crippen LogP contribution in [0.5, 0.6) is 11.5 Å². The van der Waals surface area contributed by atoms with E-state index in [1.807, 2.05) is 0 Å². The van der Waals surface area contributed by atoms with Crippen molar-refractivity contribution in [2.45, 2.75) is 24.3 Å². The van der Waals surface area contributed by atoms with Crippen LogP contribution < -0.4 is 4.90 Å². The summed E-state index contributed by atoms with van der Waals surface area (Å²) in [5.41, 5.74) is 2.96. The lowest BCUT2D eigenvalue weighted by molar-refractivity contribution is -0.123. The van der Waals surface area contributed by atoms with Gasteiger partial charge in [-0.05, 0) is 72.2 Å². The average Bonchev–Trinajstić information content (AvgIpc) is 2.91. The van der Waals surface area contributed by atoms with E-state index in [0.29, 0.717) is 22.4 Å². The van der Waals surface area contributed by atoms with Crippen LogP contribution in [0.4, 0.5) is 14.5 Å². The highest BCUT2D eigenvalue weighted by molar-refractivity contribution is 8.00. The van der Waals surface area contributed by atoms with Crippen molar-refractivity contribution in [1.29, 1.82) is 0 Å². The molecule has 0 saturated carbocycles. The first-order valence-electron chi connectivity index (χ1n) is 11.9. The number of benzene rings is 3. The van der Waals surface area contributed by atoms with Gasteiger partial charge in [0.2, 0.25) is 5.91 Å². The monoisotopic (exact) mass is 535 g/mol. The van der Waals surface area contributed by atoms with Crippen molar-refractivity contribution in [1.82, 2.24) is 0 Å². The molecule has 5 nitrogen and oxygen atoms in total. The second-order valence-electron chi connectivity index (χ2n) is 8.74. The van der Waals surface area contributed by atoms with Gasteiger partial charge in [0.1, 0.15) is 28.4 Å². The van der Waals surface area contributed by atoms with Crippen molar-refractivity contribution in [3.63, 3.8) is 0 Å². The first-order valence-corrected chi connectivity index (χ1v) is 12.9. The van der Waals surface area contributed by atoms with Gasteiger partial charge in [-0.15, -0.1) is 11.8 Å². The molecule has 3 atom stereocenters. The highest BCUT2D eigenvalue weighted by atomic mass is 32.2. The van der Waals surface area contributed by atoms with Crippen molar-refractivity contribution in [3.8, 4) is 11.5 Å². The van der Waals surface area contributed by atoms with Crippen molar-refractivity contribution in [2.24, 2.45) is 0 Å². The largest absolute Gasteiger partial charge is 0.508 e. The standard InChI is InChI=1S/C30H27F2NO4S/c1-3-18(15-21(31)4-2)19-7-11-23(12-8-19)33-28(25-14-13-24(34)16-26(25)35)29(30(33)37)38-17-27(36)20-5-9-22(32)10-6-20/h3-16,27-29,34-36H,2,17H2,1H3/b18-3+,21-15+/t27?,28?,29-/m1/s1. The molecule has 0 spiro atoms. The Morgan fingerprint density at radius 3 is 2.39 bits per heavy atom. The van der Waals surface area contributed by atoms with Gasteiger partial charge in [0.15, 0.2) is 0 Å². The van der Waals surface area contributed by atoms with E-state index in [1.54, 1.807) is 48.2 Å². The number of thioether (sulfide) groups is 1. The Morgan fingerprint density at radius 2 is 1.79 bits per heavy atom. The van der Waals surface area contributed by atoms with E-state index in [2.05, 4.69) is 6.58 Å². The van der Waals surface area contributed by atoms with Crippen LogP contribution in [-0.2, 0) is 4.79 Å². The van der Waals surface area contributed by atoms with E-state index in [9.17, 15) is 28.9 Å². The summed E-state index contributed by atoms with van der Waals surface area (Å²) < 4.78 is 27.0. The minimum absolute atomic E-state index is 0.109. The number of nitrogens with zero attached hydrogens (tertiary/aromatic N) is 1. The lowest BCUT2D eigenvalue weighted by Crippen LogP contribution is -2.57. The molecule has 1 heterocycles. The van der Waals surface area contributed by atoms with Crippen LogP contribution in [0.1, 0.15) is 35.8 Å². The Balaban J connectivity index is 1.60. The average molecular weight is 536 g/mol. The molecule has 1 saturated heterocycles. The number of halogens is 2. The first kappa shape index (κ1) is 27.2. The molecule has 1 fully saturated rings. The minimum Gasteiger partial charge on any atom is -0.508 e. The molecule has 1 amide bonds. The van der Waals surface area contributed by atoms with Crippen molar-refractivity contribution < 1.29 is 28.9 Å². The number of β-lactam (4-membered cyclic amide) rings is 1. The summed E-state index contributed by atoms with van der Waals surface area (Å²) in [6.45, 7) is 5.22. The lowest BCUT2D eigenvalue weighted by Gasteiger charge is -2.47. The van der Waals surface area contributed by atoms with E-state index in [0.717, 1.165) is 11.6 Å².